The van der Waals surface area contributed by atoms with Gasteiger partial charge in [-0.3, -0.25) is 4.79 Å². The Morgan fingerprint density at radius 3 is 2.43 bits per heavy atom. The molecule has 2 heteroatoms. The van der Waals surface area contributed by atoms with Crippen LogP contribution < -0.4 is 0 Å². The van der Waals surface area contributed by atoms with Gasteiger partial charge in [0.15, 0.2) is 0 Å². The van der Waals surface area contributed by atoms with Crippen LogP contribution >= 0.6 is 0 Å². The average molecular weight is 194 g/mol. The molecule has 1 N–H and O–H groups in total. The maximum Gasteiger partial charge on any atom is 0.309 e. The quantitative estimate of drug-likeness (QED) is 0.701. The molecule has 2 aliphatic rings. The zero-order valence-corrected chi connectivity index (χ0v) is 8.92. The van der Waals surface area contributed by atoms with Crippen LogP contribution in [0.25, 0.3) is 0 Å². The van der Waals surface area contributed by atoms with Gasteiger partial charge in [0.2, 0.25) is 0 Å². The minimum atomic E-state index is -0.581. The Morgan fingerprint density at radius 1 is 1.43 bits per heavy atom. The minimum Gasteiger partial charge on any atom is -0.481 e. The Labute approximate surface area is 85.0 Å². The molecule has 0 bridgehead atoms. The molecule has 2 aliphatic carbocycles. The van der Waals surface area contributed by atoms with E-state index in [1.54, 1.807) is 0 Å². The van der Waals surface area contributed by atoms with Crippen LogP contribution in [0.15, 0.2) is 11.6 Å². The third kappa shape index (κ3) is 1.58. The van der Waals surface area contributed by atoms with E-state index in [-0.39, 0.29) is 0 Å². The number of carboxylic acid groups (broad SMARTS) is 1. The molecule has 0 saturated heterocycles. The van der Waals surface area contributed by atoms with Crippen LogP contribution in [0.4, 0.5) is 0 Å². The summed E-state index contributed by atoms with van der Waals surface area (Å²) >= 11 is 0. The predicted molar refractivity (Wildman–Crippen MR) is 54.9 cm³/mol. The van der Waals surface area contributed by atoms with Crippen molar-refractivity contribution >= 4 is 5.97 Å². The van der Waals surface area contributed by atoms with E-state index in [4.69, 9.17) is 0 Å². The predicted octanol–water partition coefficient (Wildman–Crippen LogP) is 2.84. The van der Waals surface area contributed by atoms with Crippen LogP contribution in [0.5, 0.6) is 0 Å². The second kappa shape index (κ2) is 3.11. The van der Waals surface area contributed by atoms with Crippen LogP contribution in [-0.4, -0.2) is 11.1 Å². The lowest BCUT2D eigenvalue weighted by Crippen LogP contribution is -2.28. The van der Waals surface area contributed by atoms with Gasteiger partial charge in [-0.1, -0.05) is 11.6 Å². The molecule has 2 fully saturated rings. The Balaban J connectivity index is 2.08. The van der Waals surface area contributed by atoms with Crippen molar-refractivity contribution in [3.05, 3.63) is 11.6 Å². The molecule has 0 amide bonds. The molecule has 2 rings (SSSR count). The van der Waals surface area contributed by atoms with Gasteiger partial charge < -0.3 is 5.11 Å². The normalized spacial score (nSPS) is 39.0. The number of hydrogen-bond donors (Lipinski definition) is 1. The summed E-state index contributed by atoms with van der Waals surface area (Å²) in [4.78, 5) is 11.3. The van der Waals surface area contributed by atoms with Gasteiger partial charge in [-0.25, -0.2) is 0 Å². The molecule has 2 nitrogen and oxygen atoms in total. The Morgan fingerprint density at radius 2 is 2.00 bits per heavy atom. The zero-order valence-electron chi connectivity index (χ0n) is 8.92. The third-order valence-corrected chi connectivity index (χ3v) is 3.73. The topological polar surface area (TPSA) is 37.3 Å². The summed E-state index contributed by atoms with van der Waals surface area (Å²) in [5, 5.41) is 9.29. The molecule has 2 unspecified atom stereocenters. The maximum atomic E-state index is 11.3. The average Bonchev–Trinajstić information content (AvgIpc) is 2.71. The van der Waals surface area contributed by atoms with Crippen LogP contribution in [0, 0.1) is 17.3 Å². The SMILES string of the molecule is CC(C)=CCC1(C(=O)O)CC2CC2C1. The molecular weight excluding hydrogens is 176 g/mol. The fraction of sp³-hybridized carbons (Fsp3) is 0.750. The van der Waals surface area contributed by atoms with Crippen molar-refractivity contribution in [2.24, 2.45) is 17.3 Å². The van der Waals surface area contributed by atoms with Crippen LogP contribution in [0.2, 0.25) is 0 Å². The van der Waals surface area contributed by atoms with Crippen molar-refractivity contribution in [3.63, 3.8) is 0 Å². The number of fused-ring (bicyclic) bond motifs is 1. The molecule has 0 spiro atoms. The Bertz CT molecular complexity index is 277. The first-order valence-electron chi connectivity index (χ1n) is 5.40. The fourth-order valence-corrected chi connectivity index (χ4v) is 2.73. The van der Waals surface area contributed by atoms with Crippen molar-refractivity contribution in [1.29, 1.82) is 0 Å². The van der Waals surface area contributed by atoms with Crippen molar-refractivity contribution in [2.75, 3.05) is 0 Å². The highest BCUT2D eigenvalue weighted by atomic mass is 16.4. The van der Waals surface area contributed by atoms with Gasteiger partial charge in [-0.05, 0) is 51.4 Å². The summed E-state index contributed by atoms with van der Waals surface area (Å²) in [5.41, 5.74) is 0.816. The largest absolute Gasteiger partial charge is 0.481 e. The lowest BCUT2D eigenvalue weighted by Gasteiger charge is -2.24. The minimum absolute atomic E-state index is 0.412. The molecule has 0 heterocycles. The van der Waals surface area contributed by atoms with Crippen LogP contribution in [0.1, 0.15) is 39.5 Å². The van der Waals surface area contributed by atoms with Gasteiger partial charge >= 0.3 is 5.97 Å². The smallest absolute Gasteiger partial charge is 0.309 e. The first kappa shape index (κ1) is 9.75. The van der Waals surface area contributed by atoms with E-state index < -0.39 is 11.4 Å². The molecule has 78 valence electrons. The number of rotatable bonds is 3. The molecular formula is C12H18O2. The van der Waals surface area contributed by atoms with E-state index in [1.165, 1.54) is 12.0 Å². The van der Waals surface area contributed by atoms with E-state index in [2.05, 4.69) is 6.08 Å². The van der Waals surface area contributed by atoms with E-state index in [1.807, 2.05) is 13.8 Å². The molecule has 0 aromatic heterocycles. The fourth-order valence-electron chi connectivity index (χ4n) is 2.73. The first-order valence-corrected chi connectivity index (χ1v) is 5.40. The van der Waals surface area contributed by atoms with E-state index >= 15 is 0 Å². The van der Waals surface area contributed by atoms with Crippen LogP contribution in [-0.2, 0) is 4.79 Å². The maximum absolute atomic E-state index is 11.3. The van der Waals surface area contributed by atoms with Crippen molar-refractivity contribution in [3.8, 4) is 0 Å². The molecule has 14 heavy (non-hydrogen) atoms. The second-order valence-electron chi connectivity index (χ2n) is 5.24. The Kier molecular flexibility index (Phi) is 2.17. The first-order chi connectivity index (χ1) is 6.53. The van der Waals surface area contributed by atoms with Gasteiger partial charge in [0, 0.05) is 0 Å². The molecule has 0 aromatic rings. The van der Waals surface area contributed by atoms with Gasteiger partial charge in [-0.2, -0.15) is 0 Å². The van der Waals surface area contributed by atoms with Gasteiger partial charge in [0.05, 0.1) is 5.41 Å². The summed E-state index contributed by atoms with van der Waals surface area (Å²) in [7, 11) is 0. The van der Waals surface area contributed by atoms with Gasteiger partial charge in [0.25, 0.3) is 0 Å². The van der Waals surface area contributed by atoms with E-state index in [0.717, 1.165) is 31.1 Å². The lowest BCUT2D eigenvalue weighted by atomic mass is 9.79. The second-order valence-corrected chi connectivity index (χ2v) is 5.24. The van der Waals surface area contributed by atoms with Crippen LogP contribution in [0.3, 0.4) is 0 Å². The number of carboxylic acids is 1. The zero-order chi connectivity index (χ0) is 10.3. The molecule has 0 radical (unpaired) electrons. The molecule has 0 aliphatic heterocycles. The van der Waals surface area contributed by atoms with E-state index in [0.29, 0.717) is 0 Å². The lowest BCUT2D eigenvalue weighted by molar-refractivity contribution is -0.149. The van der Waals surface area contributed by atoms with E-state index in [9.17, 15) is 9.90 Å². The number of hydrogen-bond acceptors (Lipinski definition) is 1. The summed E-state index contributed by atoms with van der Waals surface area (Å²) in [5.74, 6) is 0.885. The number of carbonyl (C=O) groups is 1. The number of allylic oxidation sites excluding steroid dienone is 2. The molecule has 2 saturated carbocycles. The highest BCUT2D eigenvalue weighted by molar-refractivity contribution is 5.75. The Hall–Kier alpha value is -0.790. The van der Waals surface area contributed by atoms with Gasteiger partial charge in [0.1, 0.15) is 0 Å². The highest BCUT2D eigenvalue weighted by Crippen LogP contribution is 2.61. The third-order valence-electron chi connectivity index (χ3n) is 3.73. The van der Waals surface area contributed by atoms with Gasteiger partial charge in [-0.15, -0.1) is 0 Å². The van der Waals surface area contributed by atoms with Crippen molar-refractivity contribution in [1.82, 2.24) is 0 Å². The summed E-state index contributed by atoms with van der Waals surface area (Å²) in [6.07, 6.45) is 5.92. The summed E-state index contributed by atoms with van der Waals surface area (Å²) < 4.78 is 0. The monoisotopic (exact) mass is 194 g/mol. The summed E-state index contributed by atoms with van der Waals surface area (Å²) in [6.45, 7) is 4.07. The van der Waals surface area contributed by atoms with Crippen molar-refractivity contribution < 1.29 is 9.90 Å². The summed E-state index contributed by atoms with van der Waals surface area (Å²) in [6, 6.07) is 0. The number of aliphatic carboxylic acids is 1. The molecule has 0 aromatic carbocycles. The standard InChI is InChI=1S/C12H18O2/c1-8(2)3-4-12(11(13)14)6-9-5-10(9)7-12/h3,9-10H,4-7H2,1-2H3,(H,13,14). The molecule has 2 atom stereocenters. The van der Waals surface area contributed by atoms with Crippen molar-refractivity contribution in [2.45, 2.75) is 39.5 Å². The highest BCUT2D eigenvalue weighted by Gasteiger charge is 2.56.